The van der Waals surface area contributed by atoms with Gasteiger partial charge in [0.2, 0.25) is 0 Å². The molecule has 0 bridgehead atoms. The fourth-order valence-electron chi connectivity index (χ4n) is 1.17. The number of nitro benzene ring substituents is 1. The third kappa shape index (κ3) is 2.41. The highest BCUT2D eigenvalue weighted by Crippen LogP contribution is 2.29. The van der Waals surface area contributed by atoms with Gasteiger partial charge < -0.3 is 9.84 Å². The van der Waals surface area contributed by atoms with E-state index in [1.807, 2.05) is 0 Å². The molecule has 1 atom stereocenters. The molecule has 0 radical (unpaired) electrons. The zero-order valence-corrected chi connectivity index (χ0v) is 8.01. The van der Waals surface area contributed by atoms with Crippen molar-refractivity contribution in [3.63, 3.8) is 0 Å². The van der Waals surface area contributed by atoms with Crippen LogP contribution in [0.15, 0.2) is 18.2 Å². The SMILES string of the molecule is COc1cc([N+](=O)[O-])ccc1C(O)CF. The number of alkyl halides is 1. The third-order valence-corrected chi connectivity index (χ3v) is 1.93. The average Bonchev–Trinajstić information content (AvgIpc) is 2.27. The average molecular weight is 215 g/mol. The molecule has 0 spiro atoms. The number of non-ortho nitro benzene ring substituents is 1. The Morgan fingerprint density at radius 1 is 1.67 bits per heavy atom. The Bertz CT molecular complexity index is 369. The van der Waals surface area contributed by atoms with Crippen molar-refractivity contribution in [1.82, 2.24) is 0 Å². The smallest absolute Gasteiger partial charge is 0.273 e. The van der Waals surface area contributed by atoms with Crippen LogP contribution in [0.4, 0.5) is 10.1 Å². The summed E-state index contributed by atoms with van der Waals surface area (Å²) in [6.07, 6.45) is -1.32. The molecule has 0 amide bonds. The van der Waals surface area contributed by atoms with Gasteiger partial charge in [-0.1, -0.05) is 0 Å². The molecule has 1 N–H and O–H groups in total. The number of halogens is 1. The lowest BCUT2D eigenvalue weighted by atomic mass is 10.1. The highest BCUT2D eigenvalue weighted by molar-refractivity contribution is 5.45. The lowest BCUT2D eigenvalue weighted by Gasteiger charge is -2.11. The molecule has 0 aliphatic rings. The van der Waals surface area contributed by atoms with E-state index in [-0.39, 0.29) is 17.0 Å². The fourth-order valence-corrected chi connectivity index (χ4v) is 1.17. The summed E-state index contributed by atoms with van der Waals surface area (Å²) in [5.74, 6) is 0.106. The molecule has 0 aliphatic heterocycles. The minimum absolute atomic E-state index is 0.106. The van der Waals surface area contributed by atoms with E-state index in [0.29, 0.717) is 0 Å². The Balaban J connectivity index is 3.14. The number of nitro groups is 1. The molecule has 0 saturated heterocycles. The Hall–Kier alpha value is -1.69. The first-order valence-corrected chi connectivity index (χ1v) is 4.16. The molecule has 6 heteroatoms. The molecule has 0 saturated carbocycles. The summed E-state index contributed by atoms with van der Waals surface area (Å²) in [7, 11) is 1.30. The van der Waals surface area contributed by atoms with Crippen molar-refractivity contribution in [2.45, 2.75) is 6.10 Å². The van der Waals surface area contributed by atoms with Crippen LogP contribution < -0.4 is 4.74 Å². The molecule has 1 unspecified atom stereocenters. The molecule has 1 rings (SSSR count). The summed E-state index contributed by atoms with van der Waals surface area (Å²) in [5, 5.41) is 19.7. The summed E-state index contributed by atoms with van der Waals surface area (Å²) in [4.78, 5) is 9.84. The van der Waals surface area contributed by atoms with E-state index >= 15 is 0 Å². The number of nitrogens with zero attached hydrogens (tertiary/aromatic N) is 1. The highest BCUT2D eigenvalue weighted by atomic mass is 19.1. The number of hydrogen-bond acceptors (Lipinski definition) is 4. The van der Waals surface area contributed by atoms with Gasteiger partial charge in [-0.05, 0) is 6.07 Å². The van der Waals surface area contributed by atoms with Crippen molar-refractivity contribution in [3.8, 4) is 5.75 Å². The summed E-state index contributed by atoms with van der Waals surface area (Å²) in [6, 6.07) is 3.62. The van der Waals surface area contributed by atoms with Crippen LogP contribution in [0.1, 0.15) is 11.7 Å². The molecular weight excluding hydrogens is 205 g/mol. The van der Waals surface area contributed by atoms with E-state index in [2.05, 4.69) is 0 Å². The largest absolute Gasteiger partial charge is 0.496 e. The van der Waals surface area contributed by atoms with Crippen LogP contribution in [0.3, 0.4) is 0 Å². The maximum atomic E-state index is 12.2. The van der Waals surface area contributed by atoms with Crippen LogP contribution in [-0.4, -0.2) is 23.8 Å². The van der Waals surface area contributed by atoms with Gasteiger partial charge >= 0.3 is 0 Å². The van der Waals surface area contributed by atoms with Gasteiger partial charge in [0, 0.05) is 11.6 Å². The number of aliphatic hydroxyl groups excluding tert-OH is 1. The van der Waals surface area contributed by atoms with Gasteiger partial charge in [-0.3, -0.25) is 10.1 Å². The Morgan fingerprint density at radius 3 is 2.80 bits per heavy atom. The van der Waals surface area contributed by atoms with E-state index < -0.39 is 17.7 Å². The lowest BCUT2D eigenvalue weighted by molar-refractivity contribution is -0.385. The molecule has 82 valence electrons. The maximum Gasteiger partial charge on any atom is 0.273 e. The maximum absolute atomic E-state index is 12.2. The highest BCUT2D eigenvalue weighted by Gasteiger charge is 2.16. The van der Waals surface area contributed by atoms with Crippen molar-refractivity contribution < 1.29 is 19.2 Å². The second kappa shape index (κ2) is 4.70. The van der Waals surface area contributed by atoms with Crippen molar-refractivity contribution in [3.05, 3.63) is 33.9 Å². The first kappa shape index (κ1) is 11.4. The van der Waals surface area contributed by atoms with Gasteiger partial charge in [-0.2, -0.15) is 0 Å². The number of methoxy groups -OCH3 is 1. The van der Waals surface area contributed by atoms with Crippen molar-refractivity contribution in [2.75, 3.05) is 13.8 Å². The van der Waals surface area contributed by atoms with E-state index in [1.165, 1.54) is 19.2 Å². The van der Waals surface area contributed by atoms with Crippen LogP contribution in [0.2, 0.25) is 0 Å². The van der Waals surface area contributed by atoms with Gasteiger partial charge in [0.25, 0.3) is 5.69 Å². The van der Waals surface area contributed by atoms with E-state index in [9.17, 15) is 19.6 Å². The van der Waals surface area contributed by atoms with Crippen LogP contribution in [0.5, 0.6) is 5.75 Å². The van der Waals surface area contributed by atoms with Crippen LogP contribution in [0, 0.1) is 10.1 Å². The molecular formula is C9H10FNO4. The van der Waals surface area contributed by atoms with Crippen LogP contribution >= 0.6 is 0 Å². The predicted octanol–water partition coefficient (Wildman–Crippen LogP) is 1.61. The molecule has 0 aromatic heterocycles. The normalized spacial score (nSPS) is 12.2. The number of ether oxygens (including phenoxy) is 1. The molecule has 1 aromatic rings. The summed E-state index contributed by atoms with van der Waals surface area (Å²) in [5.41, 5.74) is 0.0345. The number of benzene rings is 1. The number of rotatable bonds is 4. The van der Waals surface area contributed by atoms with E-state index in [1.54, 1.807) is 0 Å². The molecule has 15 heavy (non-hydrogen) atoms. The topological polar surface area (TPSA) is 72.6 Å². The Labute approximate surface area is 85.3 Å². The lowest BCUT2D eigenvalue weighted by Crippen LogP contribution is -2.03. The predicted molar refractivity (Wildman–Crippen MR) is 50.6 cm³/mol. The number of hydrogen-bond donors (Lipinski definition) is 1. The summed E-state index contributed by atoms with van der Waals surface area (Å²) >= 11 is 0. The van der Waals surface area contributed by atoms with Gasteiger partial charge in [0.15, 0.2) is 0 Å². The minimum atomic E-state index is -1.32. The quantitative estimate of drug-likeness (QED) is 0.611. The van der Waals surface area contributed by atoms with Crippen LogP contribution in [-0.2, 0) is 0 Å². The van der Waals surface area contributed by atoms with E-state index in [0.717, 1.165) is 6.07 Å². The summed E-state index contributed by atoms with van der Waals surface area (Å²) in [6.45, 7) is -0.964. The molecule has 0 heterocycles. The second-order valence-electron chi connectivity index (χ2n) is 2.85. The van der Waals surface area contributed by atoms with Gasteiger partial charge in [0.05, 0.1) is 18.1 Å². The van der Waals surface area contributed by atoms with Gasteiger partial charge in [-0.25, -0.2) is 4.39 Å². The molecule has 1 aromatic carbocycles. The van der Waals surface area contributed by atoms with Gasteiger partial charge in [0.1, 0.15) is 18.5 Å². The van der Waals surface area contributed by atoms with Crippen LogP contribution in [0.25, 0.3) is 0 Å². The minimum Gasteiger partial charge on any atom is -0.496 e. The Morgan fingerprint density at radius 2 is 2.33 bits per heavy atom. The van der Waals surface area contributed by atoms with Gasteiger partial charge in [-0.15, -0.1) is 0 Å². The second-order valence-corrected chi connectivity index (χ2v) is 2.85. The van der Waals surface area contributed by atoms with Crippen molar-refractivity contribution in [2.24, 2.45) is 0 Å². The fraction of sp³-hybridized carbons (Fsp3) is 0.333. The monoisotopic (exact) mass is 215 g/mol. The molecule has 0 fully saturated rings. The Kier molecular flexibility index (Phi) is 3.56. The first-order valence-electron chi connectivity index (χ1n) is 4.16. The third-order valence-electron chi connectivity index (χ3n) is 1.93. The van der Waals surface area contributed by atoms with Crippen molar-refractivity contribution >= 4 is 5.69 Å². The number of aliphatic hydroxyl groups is 1. The first-order chi connectivity index (χ1) is 7.10. The van der Waals surface area contributed by atoms with Crippen molar-refractivity contribution in [1.29, 1.82) is 0 Å². The zero-order valence-electron chi connectivity index (χ0n) is 8.01. The standard InChI is InChI=1S/C9H10FNO4/c1-15-9-4-6(11(13)14)2-3-7(9)8(12)5-10/h2-4,8,12H,5H2,1H3. The molecule has 0 aliphatic carbocycles. The summed E-state index contributed by atoms with van der Waals surface area (Å²) < 4.78 is 17.0. The zero-order chi connectivity index (χ0) is 11.4. The van der Waals surface area contributed by atoms with E-state index in [4.69, 9.17) is 4.74 Å². The molecule has 5 nitrogen and oxygen atoms in total.